The van der Waals surface area contributed by atoms with Gasteiger partial charge in [-0.25, -0.2) is 4.98 Å². The van der Waals surface area contributed by atoms with Gasteiger partial charge in [0.25, 0.3) is 5.91 Å². The number of halogens is 1. The van der Waals surface area contributed by atoms with Crippen molar-refractivity contribution in [2.75, 3.05) is 10.6 Å². The molecule has 5 nitrogen and oxygen atoms in total. The molecule has 2 aromatic carbocycles. The molecular formula is C20H16ClN3O2S. The van der Waals surface area contributed by atoms with E-state index in [1.807, 2.05) is 19.1 Å². The molecule has 0 aliphatic carbocycles. The largest absolute Gasteiger partial charge is 0.320 e. The van der Waals surface area contributed by atoms with Crippen LogP contribution in [0.2, 0.25) is 5.02 Å². The second-order valence-electron chi connectivity index (χ2n) is 5.84. The predicted octanol–water partition coefficient (Wildman–Crippen LogP) is 4.86. The number of carbonyl (C=O) groups is 2. The first-order valence-electron chi connectivity index (χ1n) is 8.18. The van der Waals surface area contributed by atoms with Gasteiger partial charge in [0.2, 0.25) is 5.91 Å². The average Bonchev–Trinajstić information content (AvgIpc) is 3.04. The van der Waals surface area contributed by atoms with Crippen molar-refractivity contribution in [2.24, 2.45) is 0 Å². The molecule has 0 aliphatic rings. The van der Waals surface area contributed by atoms with Gasteiger partial charge in [0.1, 0.15) is 0 Å². The summed E-state index contributed by atoms with van der Waals surface area (Å²) in [4.78, 5) is 28.7. The maximum atomic E-state index is 12.6. The van der Waals surface area contributed by atoms with Crippen molar-refractivity contribution in [3.8, 4) is 12.3 Å². The van der Waals surface area contributed by atoms with Gasteiger partial charge >= 0.3 is 0 Å². The zero-order valence-corrected chi connectivity index (χ0v) is 16.1. The Kier molecular flexibility index (Phi) is 5.75. The summed E-state index contributed by atoms with van der Waals surface area (Å²) in [7, 11) is 0. The summed E-state index contributed by atoms with van der Waals surface area (Å²) in [6, 6.07) is 10.6. The highest BCUT2D eigenvalue weighted by Crippen LogP contribution is 2.29. The average molecular weight is 398 g/mol. The smallest absolute Gasteiger partial charge is 0.255 e. The number of benzene rings is 2. The van der Waals surface area contributed by atoms with Crippen molar-refractivity contribution in [2.45, 2.75) is 19.8 Å². The number of hydrogen-bond acceptors (Lipinski definition) is 4. The minimum atomic E-state index is -0.263. The van der Waals surface area contributed by atoms with Crippen LogP contribution in [0.15, 0.2) is 36.4 Å². The summed E-state index contributed by atoms with van der Waals surface area (Å²) in [5.41, 5.74) is 2.66. The number of fused-ring (bicyclic) bond motifs is 1. The molecule has 3 aromatic rings. The number of aryl methyl sites for hydroxylation is 1. The van der Waals surface area contributed by atoms with Gasteiger partial charge < -0.3 is 10.6 Å². The minimum Gasteiger partial charge on any atom is -0.320 e. The third-order valence-electron chi connectivity index (χ3n) is 3.85. The first-order valence-corrected chi connectivity index (χ1v) is 9.37. The summed E-state index contributed by atoms with van der Waals surface area (Å²) in [6.45, 7) is 1.88. The Morgan fingerprint density at radius 3 is 2.81 bits per heavy atom. The summed E-state index contributed by atoms with van der Waals surface area (Å²) >= 11 is 7.47. The number of nitrogens with one attached hydrogen (secondary N) is 2. The molecule has 2 N–H and O–H groups in total. The lowest BCUT2D eigenvalue weighted by Gasteiger charge is -2.10. The number of thiazole rings is 1. The van der Waals surface area contributed by atoms with Crippen LogP contribution in [0.5, 0.6) is 0 Å². The Hall–Kier alpha value is -2.88. The van der Waals surface area contributed by atoms with E-state index in [0.29, 0.717) is 33.3 Å². The van der Waals surface area contributed by atoms with Crippen molar-refractivity contribution < 1.29 is 9.59 Å². The van der Waals surface area contributed by atoms with E-state index in [1.54, 1.807) is 24.3 Å². The number of nitrogens with zero attached hydrogens (tertiary/aromatic N) is 1. The number of hydrogen-bond donors (Lipinski definition) is 2. The summed E-state index contributed by atoms with van der Waals surface area (Å²) < 4.78 is 0.797. The van der Waals surface area contributed by atoms with Gasteiger partial charge in [-0.1, -0.05) is 35.1 Å². The zero-order chi connectivity index (χ0) is 19.4. The molecule has 0 aliphatic heterocycles. The standard InChI is InChI=1S/C20H16ClN3O2S/c1-3-4-8-17(25)23-20-22-15-10-9-13(11-16(15)27-20)19(26)24-18-12(2)6-5-7-14(18)21/h1,5-7,9-11H,4,8H2,2H3,(H,24,26)(H,22,23,25). The van der Waals surface area contributed by atoms with Gasteiger partial charge in [-0.05, 0) is 36.8 Å². The van der Waals surface area contributed by atoms with Crippen LogP contribution in [0.25, 0.3) is 10.2 Å². The van der Waals surface area contributed by atoms with E-state index in [1.165, 1.54) is 11.3 Å². The quantitative estimate of drug-likeness (QED) is 0.604. The van der Waals surface area contributed by atoms with Crippen molar-refractivity contribution >= 4 is 55.8 Å². The predicted molar refractivity (Wildman–Crippen MR) is 110 cm³/mol. The molecule has 2 amide bonds. The fourth-order valence-corrected chi connectivity index (χ4v) is 3.65. The third-order valence-corrected chi connectivity index (χ3v) is 5.10. The highest BCUT2D eigenvalue weighted by molar-refractivity contribution is 7.22. The molecule has 7 heteroatoms. The molecule has 0 saturated carbocycles. The second kappa shape index (κ2) is 8.21. The monoisotopic (exact) mass is 397 g/mol. The van der Waals surface area contributed by atoms with Crippen LogP contribution in [0.4, 0.5) is 10.8 Å². The summed E-state index contributed by atoms with van der Waals surface area (Å²) in [6.07, 6.45) is 5.79. The van der Waals surface area contributed by atoms with Crippen molar-refractivity contribution in [1.29, 1.82) is 0 Å². The van der Waals surface area contributed by atoms with Gasteiger partial charge in [0.15, 0.2) is 5.13 Å². The Bertz CT molecular complexity index is 1050. The Morgan fingerprint density at radius 1 is 1.26 bits per heavy atom. The number of anilines is 2. The number of amides is 2. The van der Waals surface area contributed by atoms with Gasteiger partial charge in [-0.2, -0.15) is 0 Å². The van der Waals surface area contributed by atoms with Gasteiger partial charge in [0, 0.05) is 18.4 Å². The minimum absolute atomic E-state index is 0.181. The van der Waals surface area contributed by atoms with E-state index >= 15 is 0 Å². The van der Waals surface area contributed by atoms with Crippen LogP contribution in [0.3, 0.4) is 0 Å². The summed E-state index contributed by atoms with van der Waals surface area (Å²) in [5, 5.41) is 6.53. The van der Waals surface area contributed by atoms with Crippen LogP contribution in [0, 0.1) is 19.3 Å². The lowest BCUT2D eigenvalue weighted by Crippen LogP contribution is -2.13. The molecule has 0 saturated heterocycles. The Balaban J connectivity index is 1.79. The fourth-order valence-electron chi connectivity index (χ4n) is 2.46. The van der Waals surface area contributed by atoms with E-state index in [4.69, 9.17) is 18.0 Å². The third kappa shape index (κ3) is 4.45. The highest BCUT2D eigenvalue weighted by atomic mass is 35.5. The molecule has 3 rings (SSSR count). The topological polar surface area (TPSA) is 71.1 Å². The van der Waals surface area contributed by atoms with E-state index in [0.717, 1.165) is 10.3 Å². The molecule has 0 atom stereocenters. The van der Waals surface area contributed by atoms with Crippen molar-refractivity contribution in [3.05, 3.63) is 52.5 Å². The van der Waals surface area contributed by atoms with Crippen LogP contribution in [-0.4, -0.2) is 16.8 Å². The molecule has 1 heterocycles. The molecule has 136 valence electrons. The maximum absolute atomic E-state index is 12.6. The fraction of sp³-hybridized carbons (Fsp3) is 0.150. The van der Waals surface area contributed by atoms with E-state index in [9.17, 15) is 9.59 Å². The second-order valence-corrected chi connectivity index (χ2v) is 7.28. The SMILES string of the molecule is C#CCCC(=O)Nc1nc2ccc(C(=O)Nc3c(C)cccc3Cl)cc2s1. The van der Waals surface area contributed by atoms with E-state index in [-0.39, 0.29) is 18.2 Å². The molecule has 0 unspecified atom stereocenters. The lowest BCUT2D eigenvalue weighted by atomic mass is 10.1. The lowest BCUT2D eigenvalue weighted by molar-refractivity contribution is -0.116. The summed E-state index contributed by atoms with van der Waals surface area (Å²) in [5.74, 6) is 1.98. The van der Waals surface area contributed by atoms with Crippen LogP contribution in [-0.2, 0) is 4.79 Å². The molecule has 0 fully saturated rings. The van der Waals surface area contributed by atoms with E-state index < -0.39 is 0 Å². The Labute approximate surface area is 165 Å². The van der Waals surface area contributed by atoms with Gasteiger partial charge in [-0.15, -0.1) is 12.3 Å². The van der Waals surface area contributed by atoms with E-state index in [2.05, 4.69) is 21.5 Å². The van der Waals surface area contributed by atoms with Crippen LogP contribution in [0.1, 0.15) is 28.8 Å². The highest BCUT2D eigenvalue weighted by Gasteiger charge is 2.13. The van der Waals surface area contributed by atoms with Crippen molar-refractivity contribution in [3.63, 3.8) is 0 Å². The number of terminal acetylenes is 1. The van der Waals surface area contributed by atoms with Crippen LogP contribution < -0.4 is 10.6 Å². The number of para-hydroxylation sites is 1. The first-order chi connectivity index (χ1) is 13.0. The molecule has 27 heavy (non-hydrogen) atoms. The molecule has 1 aromatic heterocycles. The number of rotatable bonds is 5. The van der Waals surface area contributed by atoms with Crippen molar-refractivity contribution in [1.82, 2.24) is 4.98 Å². The molecule has 0 spiro atoms. The number of aromatic nitrogens is 1. The normalized spacial score (nSPS) is 10.4. The molecule has 0 bridgehead atoms. The van der Waals surface area contributed by atoms with Gasteiger partial charge in [0.05, 0.1) is 20.9 Å². The van der Waals surface area contributed by atoms with Crippen LogP contribution >= 0.6 is 22.9 Å². The molecule has 0 radical (unpaired) electrons. The first kappa shape index (κ1) is 18.9. The van der Waals surface area contributed by atoms with Gasteiger partial charge in [-0.3, -0.25) is 9.59 Å². The number of carbonyl (C=O) groups excluding carboxylic acids is 2. The Morgan fingerprint density at radius 2 is 2.07 bits per heavy atom. The molecular weight excluding hydrogens is 382 g/mol. The maximum Gasteiger partial charge on any atom is 0.255 e. The zero-order valence-electron chi connectivity index (χ0n) is 14.5.